The number of quaternary nitrogens is 1. The number of ether oxygens (including phenoxy) is 1. The first-order valence-corrected chi connectivity index (χ1v) is 10.4. The number of carbonyl (C=O) groups is 2. The third-order valence-electron chi connectivity index (χ3n) is 5.28. The van der Waals surface area contributed by atoms with Crippen LogP contribution in [-0.2, 0) is 14.3 Å². The summed E-state index contributed by atoms with van der Waals surface area (Å²) in [5.74, 6) is -0.131. The second kappa shape index (κ2) is 8.80. The molecule has 1 N–H and O–H groups in total. The van der Waals surface area contributed by atoms with E-state index in [1.807, 2.05) is 39.1 Å². The van der Waals surface area contributed by atoms with E-state index in [9.17, 15) is 9.59 Å². The number of thiazole rings is 1. The van der Waals surface area contributed by atoms with Crippen molar-refractivity contribution in [3.8, 4) is 0 Å². The molecule has 1 aliphatic rings. The summed E-state index contributed by atoms with van der Waals surface area (Å²) in [5, 5.41) is 0.949. The average Bonchev–Trinajstić information content (AvgIpc) is 3.11. The van der Waals surface area contributed by atoms with Crippen molar-refractivity contribution in [2.24, 2.45) is 5.92 Å². The van der Waals surface area contributed by atoms with Crippen LogP contribution in [-0.4, -0.2) is 55.0 Å². The minimum absolute atomic E-state index is 0.0695. The standard InChI is InChI=1S/C20H27N3O3S/c1-4-26-20(25)15-8-7-11-23(12-15)13-18(24)22(3)14(2)19-21-16-9-5-6-10-17(16)27-19/h5-6,9-10,14-15H,4,7-8,11-13H2,1-3H3/p+1/t14-,15-/m0/s1. The number of amides is 1. The Morgan fingerprint density at radius 3 is 2.93 bits per heavy atom. The summed E-state index contributed by atoms with van der Waals surface area (Å²) in [6, 6.07) is 7.96. The predicted molar refractivity (Wildman–Crippen MR) is 106 cm³/mol. The third-order valence-corrected chi connectivity index (χ3v) is 6.49. The summed E-state index contributed by atoms with van der Waals surface area (Å²) in [4.78, 5) is 32.4. The summed E-state index contributed by atoms with van der Waals surface area (Å²) >= 11 is 1.63. The molecule has 1 fully saturated rings. The van der Waals surface area contributed by atoms with E-state index in [1.54, 1.807) is 16.2 Å². The van der Waals surface area contributed by atoms with Crippen LogP contribution in [0.15, 0.2) is 24.3 Å². The number of fused-ring (bicyclic) bond motifs is 1. The Kier molecular flexibility index (Phi) is 6.44. The number of esters is 1. The van der Waals surface area contributed by atoms with E-state index in [2.05, 4.69) is 11.1 Å². The van der Waals surface area contributed by atoms with Gasteiger partial charge in [0.2, 0.25) is 0 Å². The molecule has 7 heteroatoms. The largest absolute Gasteiger partial charge is 0.466 e. The number of likely N-dealkylation sites (N-methyl/N-ethyl adjacent to an activating group) is 1. The van der Waals surface area contributed by atoms with Crippen LogP contribution >= 0.6 is 11.3 Å². The quantitative estimate of drug-likeness (QED) is 0.762. The van der Waals surface area contributed by atoms with Crippen LogP contribution in [0.1, 0.15) is 37.7 Å². The molecule has 146 valence electrons. The fourth-order valence-electron chi connectivity index (χ4n) is 3.56. The minimum Gasteiger partial charge on any atom is -0.466 e. The lowest BCUT2D eigenvalue weighted by atomic mass is 9.98. The van der Waals surface area contributed by atoms with Gasteiger partial charge in [0, 0.05) is 7.05 Å². The SMILES string of the molecule is CCOC(=O)[C@H]1CCC[NH+](CC(=O)N(C)[C@@H](C)c2nc3ccccc3s2)C1. The molecule has 3 rings (SSSR count). The van der Waals surface area contributed by atoms with E-state index < -0.39 is 0 Å². The van der Waals surface area contributed by atoms with Gasteiger partial charge in [-0.25, -0.2) is 4.98 Å². The van der Waals surface area contributed by atoms with Crippen LogP contribution in [0.2, 0.25) is 0 Å². The predicted octanol–water partition coefficient (Wildman–Crippen LogP) is 1.67. The molecule has 0 radical (unpaired) electrons. The van der Waals surface area contributed by atoms with Crippen molar-refractivity contribution in [1.82, 2.24) is 9.88 Å². The van der Waals surface area contributed by atoms with Gasteiger partial charge in [-0.15, -0.1) is 11.3 Å². The van der Waals surface area contributed by atoms with E-state index in [1.165, 1.54) is 0 Å². The monoisotopic (exact) mass is 390 g/mol. The molecule has 2 aromatic rings. The average molecular weight is 391 g/mol. The minimum atomic E-state index is -0.127. The van der Waals surface area contributed by atoms with Crippen LogP contribution in [0.4, 0.5) is 0 Å². The highest BCUT2D eigenvalue weighted by Crippen LogP contribution is 2.28. The number of hydrogen-bond donors (Lipinski definition) is 1. The van der Waals surface area contributed by atoms with Crippen molar-refractivity contribution in [3.63, 3.8) is 0 Å². The van der Waals surface area contributed by atoms with E-state index in [4.69, 9.17) is 4.74 Å². The zero-order valence-electron chi connectivity index (χ0n) is 16.2. The van der Waals surface area contributed by atoms with Gasteiger partial charge in [-0.3, -0.25) is 9.59 Å². The van der Waals surface area contributed by atoms with Gasteiger partial charge in [0.25, 0.3) is 5.91 Å². The lowest BCUT2D eigenvalue weighted by Gasteiger charge is -2.30. The van der Waals surface area contributed by atoms with E-state index >= 15 is 0 Å². The van der Waals surface area contributed by atoms with Crippen molar-refractivity contribution in [2.45, 2.75) is 32.7 Å². The molecule has 1 amide bonds. The lowest BCUT2D eigenvalue weighted by Crippen LogP contribution is -3.14. The number of para-hydroxylation sites is 1. The summed E-state index contributed by atoms with van der Waals surface area (Å²) in [7, 11) is 1.84. The second-order valence-electron chi connectivity index (χ2n) is 7.17. The number of nitrogens with zero attached hydrogens (tertiary/aromatic N) is 2. The molecular weight excluding hydrogens is 362 g/mol. The van der Waals surface area contributed by atoms with E-state index in [0.717, 1.165) is 39.5 Å². The zero-order chi connectivity index (χ0) is 19.4. The van der Waals surface area contributed by atoms with Crippen LogP contribution < -0.4 is 4.90 Å². The highest BCUT2D eigenvalue weighted by molar-refractivity contribution is 7.18. The molecule has 1 aromatic carbocycles. The zero-order valence-corrected chi connectivity index (χ0v) is 17.1. The summed E-state index contributed by atoms with van der Waals surface area (Å²) in [5.41, 5.74) is 0.976. The normalized spacial score (nSPS) is 21.0. The van der Waals surface area contributed by atoms with Crippen LogP contribution in [0, 0.1) is 5.92 Å². The number of rotatable bonds is 6. The van der Waals surface area contributed by atoms with E-state index in [0.29, 0.717) is 19.7 Å². The van der Waals surface area contributed by atoms with Crippen molar-refractivity contribution in [1.29, 1.82) is 0 Å². The van der Waals surface area contributed by atoms with Crippen molar-refractivity contribution in [3.05, 3.63) is 29.3 Å². The molecule has 0 spiro atoms. The maximum atomic E-state index is 12.8. The number of benzene rings is 1. The van der Waals surface area contributed by atoms with Gasteiger partial charge in [0.05, 0.1) is 36.0 Å². The first kappa shape index (κ1) is 19.8. The molecular formula is C20H28N3O3S+. The Hall–Kier alpha value is -1.99. The molecule has 1 unspecified atom stereocenters. The molecule has 27 heavy (non-hydrogen) atoms. The number of carbonyl (C=O) groups excluding carboxylic acids is 2. The molecule has 1 saturated heterocycles. The smallest absolute Gasteiger partial charge is 0.314 e. The number of hydrogen-bond acceptors (Lipinski definition) is 5. The van der Waals surface area contributed by atoms with Gasteiger partial charge in [-0.1, -0.05) is 12.1 Å². The Labute approximate surface area is 164 Å². The van der Waals surface area contributed by atoms with Crippen molar-refractivity contribution >= 4 is 33.4 Å². The van der Waals surface area contributed by atoms with Gasteiger partial charge in [-0.05, 0) is 38.8 Å². The van der Waals surface area contributed by atoms with Crippen molar-refractivity contribution in [2.75, 3.05) is 33.3 Å². The summed E-state index contributed by atoms with van der Waals surface area (Å²) < 4.78 is 6.29. The maximum absolute atomic E-state index is 12.8. The highest BCUT2D eigenvalue weighted by Gasteiger charge is 2.32. The number of aromatic nitrogens is 1. The lowest BCUT2D eigenvalue weighted by molar-refractivity contribution is -0.899. The number of likely N-dealkylation sites (tertiary alicyclic amines) is 1. The Morgan fingerprint density at radius 2 is 2.19 bits per heavy atom. The molecule has 6 nitrogen and oxygen atoms in total. The van der Waals surface area contributed by atoms with Crippen LogP contribution in [0.25, 0.3) is 10.2 Å². The van der Waals surface area contributed by atoms with E-state index in [-0.39, 0.29) is 23.8 Å². The van der Waals surface area contributed by atoms with Crippen LogP contribution in [0.5, 0.6) is 0 Å². The maximum Gasteiger partial charge on any atom is 0.314 e. The van der Waals surface area contributed by atoms with Gasteiger partial charge < -0.3 is 14.5 Å². The van der Waals surface area contributed by atoms with Crippen molar-refractivity contribution < 1.29 is 19.2 Å². The molecule has 1 aromatic heterocycles. The van der Waals surface area contributed by atoms with Gasteiger partial charge >= 0.3 is 5.97 Å². The Bertz CT molecular complexity index is 774. The Balaban J connectivity index is 1.60. The molecule has 0 aliphatic carbocycles. The van der Waals surface area contributed by atoms with Crippen LogP contribution in [0.3, 0.4) is 0 Å². The molecule has 0 saturated carbocycles. The highest BCUT2D eigenvalue weighted by atomic mass is 32.1. The fourth-order valence-corrected chi connectivity index (χ4v) is 4.62. The first-order valence-electron chi connectivity index (χ1n) is 9.61. The number of nitrogens with one attached hydrogen (secondary N) is 1. The molecule has 1 aliphatic heterocycles. The first-order chi connectivity index (χ1) is 13.0. The molecule has 2 heterocycles. The third kappa shape index (κ3) is 4.65. The fraction of sp³-hybridized carbons (Fsp3) is 0.550. The topological polar surface area (TPSA) is 63.9 Å². The van der Waals surface area contributed by atoms with Gasteiger partial charge in [0.15, 0.2) is 6.54 Å². The van der Waals surface area contributed by atoms with Gasteiger partial charge in [-0.2, -0.15) is 0 Å². The molecule has 0 bridgehead atoms. The number of piperidine rings is 1. The molecule has 3 atom stereocenters. The summed E-state index contributed by atoms with van der Waals surface area (Å²) in [6.07, 6.45) is 1.80. The van der Waals surface area contributed by atoms with Gasteiger partial charge in [0.1, 0.15) is 10.9 Å². The second-order valence-corrected chi connectivity index (χ2v) is 8.23. The Morgan fingerprint density at radius 1 is 1.41 bits per heavy atom. The summed E-state index contributed by atoms with van der Waals surface area (Å²) in [6.45, 7) is 6.25.